The predicted molar refractivity (Wildman–Crippen MR) is 42.6 cm³/mol. The molecule has 56 valence electrons. The Morgan fingerprint density at radius 3 is 2.90 bits per heavy atom. The summed E-state index contributed by atoms with van der Waals surface area (Å²) < 4.78 is 0. The molecule has 0 heterocycles. The van der Waals surface area contributed by atoms with Crippen molar-refractivity contribution in [3.63, 3.8) is 0 Å². The fraction of sp³-hybridized carbons (Fsp3) is 0.375. The van der Waals surface area contributed by atoms with Gasteiger partial charge in [-0.1, -0.05) is 18.7 Å². The molecule has 0 fully saturated rings. The highest BCUT2D eigenvalue weighted by atomic mass is 16.1. The summed E-state index contributed by atoms with van der Waals surface area (Å²) in [5.41, 5.74) is 0. The SMILES string of the molecule is C=CC(=O)NCC/C=C/C. The minimum Gasteiger partial charge on any atom is -0.352 e. The molecule has 10 heavy (non-hydrogen) atoms. The van der Waals surface area contributed by atoms with Crippen LogP contribution in [0.25, 0.3) is 0 Å². The quantitative estimate of drug-likeness (QED) is 0.354. The van der Waals surface area contributed by atoms with Gasteiger partial charge in [0.25, 0.3) is 0 Å². The lowest BCUT2D eigenvalue weighted by Crippen LogP contribution is -2.21. The maximum Gasteiger partial charge on any atom is 0.243 e. The zero-order valence-electron chi connectivity index (χ0n) is 6.26. The molecule has 0 bridgehead atoms. The van der Waals surface area contributed by atoms with E-state index in [0.717, 1.165) is 6.42 Å². The summed E-state index contributed by atoms with van der Waals surface area (Å²) in [5.74, 6) is -0.107. The second kappa shape index (κ2) is 6.08. The van der Waals surface area contributed by atoms with Gasteiger partial charge in [0.15, 0.2) is 0 Å². The van der Waals surface area contributed by atoms with Gasteiger partial charge < -0.3 is 5.32 Å². The number of nitrogens with one attached hydrogen (secondary N) is 1. The van der Waals surface area contributed by atoms with Crippen LogP contribution >= 0.6 is 0 Å². The first-order chi connectivity index (χ1) is 4.81. The maximum atomic E-state index is 10.5. The highest BCUT2D eigenvalue weighted by Gasteiger charge is 1.88. The van der Waals surface area contributed by atoms with Crippen LogP contribution in [0.15, 0.2) is 24.8 Å². The van der Waals surface area contributed by atoms with E-state index in [-0.39, 0.29) is 5.91 Å². The third-order valence-electron chi connectivity index (χ3n) is 1.03. The van der Waals surface area contributed by atoms with Crippen molar-refractivity contribution < 1.29 is 4.79 Å². The molecule has 1 amide bonds. The van der Waals surface area contributed by atoms with E-state index in [9.17, 15) is 4.79 Å². The van der Waals surface area contributed by atoms with Crippen LogP contribution in [-0.4, -0.2) is 12.5 Å². The van der Waals surface area contributed by atoms with Crippen molar-refractivity contribution in [3.8, 4) is 0 Å². The average Bonchev–Trinajstić information content (AvgIpc) is 1.98. The first-order valence-corrected chi connectivity index (χ1v) is 3.32. The molecule has 0 aromatic carbocycles. The molecule has 0 spiro atoms. The van der Waals surface area contributed by atoms with Crippen molar-refractivity contribution in [2.24, 2.45) is 0 Å². The first kappa shape index (κ1) is 8.95. The fourth-order valence-electron chi connectivity index (χ4n) is 0.518. The topological polar surface area (TPSA) is 29.1 Å². The molecule has 0 atom stereocenters. The Morgan fingerprint density at radius 2 is 2.40 bits per heavy atom. The number of allylic oxidation sites excluding steroid dienone is 1. The van der Waals surface area contributed by atoms with Crippen LogP contribution in [0.3, 0.4) is 0 Å². The molecule has 0 unspecified atom stereocenters. The van der Waals surface area contributed by atoms with Crippen LogP contribution in [0, 0.1) is 0 Å². The molecule has 2 heteroatoms. The van der Waals surface area contributed by atoms with Gasteiger partial charge in [0.2, 0.25) is 5.91 Å². The van der Waals surface area contributed by atoms with E-state index in [1.807, 2.05) is 19.1 Å². The van der Waals surface area contributed by atoms with E-state index in [1.54, 1.807) is 0 Å². The molecule has 0 aromatic rings. The predicted octanol–water partition coefficient (Wildman–Crippen LogP) is 1.25. The minimum absolute atomic E-state index is 0.107. The van der Waals surface area contributed by atoms with Crippen molar-refractivity contribution in [2.45, 2.75) is 13.3 Å². The van der Waals surface area contributed by atoms with Crippen LogP contribution in [0.1, 0.15) is 13.3 Å². The van der Waals surface area contributed by atoms with E-state index in [4.69, 9.17) is 0 Å². The van der Waals surface area contributed by atoms with E-state index < -0.39 is 0 Å². The van der Waals surface area contributed by atoms with Gasteiger partial charge in [0.1, 0.15) is 0 Å². The van der Waals surface area contributed by atoms with Crippen LogP contribution in [0.2, 0.25) is 0 Å². The van der Waals surface area contributed by atoms with E-state index >= 15 is 0 Å². The molecule has 0 saturated heterocycles. The lowest BCUT2D eigenvalue weighted by atomic mass is 10.4. The van der Waals surface area contributed by atoms with Gasteiger partial charge in [-0.25, -0.2) is 0 Å². The number of hydrogen-bond acceptors (Lipinski definition) is 1. The molecule has 2 nitrogen and oxygen atoms in total. The van der Waals surface area contributed by atoms with Gasteiger partial charge in [-0.2, -0.15) is 0 Å². The van der Waals surface area contributed by atoms with E-state index in [0.29, 0.717) is 6.54 Å². The number of rotatable bonds is 4. The van der Waals surface area contributed by atoms with Gasteiger partial charge >= 0.3 is 0 Å². The summed E-state index contributed by atoms with van der Waals surface area (Å²) in [7, 11) is 0. The van der Waals surface area contributed by atoms with Crippen molar-refractivity contribution in [2.75, 3.05) is 6.54 Å². The van der Waals surface area contributed by atoms with Crippen LogP contribution < -0.4 is 5.32 Å². The Hall–Kier alpha value is -1.05. The first-order valence-electron chi connectivity index (χ1n) is 3.32. The monoisotopic (exact) mass is 139 g/mol. The Balaban J connectivity index is 3.19. The summed E-state index contributed by atoms with van der Waals surface area (Å²) >= 11 is 0. The highest BCUT2D eigenvalue weighted by molar-refractivity contribution is 5.86. The van der Waals surface area contributed by atoms with Crippen LogP contribution in [0.4, 0.5) is 0 Å². The molecular weight excluding hydrogens is 126 g/mol. The number of carbonyl (C=O) groups excluding carboxylic acids is 1. The Labute approximate surface area is 61.6 Å². The molecule has 0 aromatic heterocycles. The summed E-state index contributed by atoms with van der Waals surface area (Å²) in [4.78, 5) is 10.5. The molecule has 0 aliphatic rings. The molecule has 1 N–H and O–H groups in total. The summed E-state index contributed by atoms with van der Waals surface area (Å²) in [6.45, 7) is 5.97. The molecule has 0 radical (unpaired) electrons. The third kappa shape index (κ3) is 5.09. The van der Waals surface area contributed by atoms with Crippen LogP contribution in [-0.2, 0) is 4.79 Å². The third-order valence-corrected chi connectivity index (χ3v) is 1.03. The minimum atomic E-state index is -0.107. The summed E-state index contributed by atoms with van der Waals surface area (Å²) in [6, 6.07) is 0. The van der Waals surface area contributed by atoms with E-state index in [2.05, 4.69) is 11.9 Å². The van der Waals surface area contributed by atoms with Gasteiger partial charge in [-0.05, 0) is 19.4 Å². The zero-order valence-corrected chi connectivity index (χ0v) is 6.26. The number of hydrogen-bond donors (Lipinski definition) is 1. The Kier molecular flexibility index (Phi) is 5.44. The maximum absolute atomic E-state index is 10.5. The van der Waals surface area contributed by atoms with Gasteiger partial charge in [-0.3, -0.25) is 4.79 Å². The van der Waals surface area contributed by atoms with E-state index in [1.165, 1.54) is 6.08 Å². The zero-order chi connectivity index (χ0) is 7.82. The number of carbonyl (C=O) groups is 1. The summed E-state index contributed by atoms with van der Waals surface area (Å²) in [5, 5.41) is 2.66. The lowest BCUT2D eigenvalue weighted by Gasteiger charge is -1.96. The Morgan fingerprint density at radius 1 is 1.70 bits per heavy atom. The standard InChI is InChI=1S/C8H13NO/c1-3-5-6-7-9-8(10)4-2/h3-5H,2,6-7H2,1H3,(H,9,10)/b5-3+. The molecular formula is C8H13NO. The van der Waals surface area contributed by atoms with Crippen molar-refractivity contribution in [3.05, 3.63) is 24.8 Å². The molecule has 0 aliphatic heterocycles. The normalized spacial score (nSPS) is 9.70. The van der Waals surface area contributed by atoms with Gasteiger partial charge in [-0.15, -0.1) is 0 Å². The van der Waals surface area contributed by atoms with Crippen molar-refractivity contribution in [1.29, 1.82) is 0 Å². The second-order valence-electron chi connectivity index (χ2n) is 1.85. The number of amides is 1. The van der Waals surface area contributed by atoms with Crippen LogP contribution in [0.5, 0.6) is 0 Å². The lowest BCUT2D eigenvalue weighted by molar-refractivity contribution is -0.116. The largest absolute Gasteiger partial charge is 0.352 e. The van der Waals surface area contributed by atoms with Crippen molar-refractivity contribution >= 4 is 5.91 Å². The average molecular weight is 139 g/mol. The molecule has 0 rings (SSSR count). The molecule has 0 saturated carbocycles. The highest BCUT2D eigenvalue weighted by Crippen LogP contribution is 1.79. The fourth-order valence-corrected chi connectivity index (χ4v) is 0.518. The second-order valence-corrected chi connectivity index (χ2v) is 1.85. The van der Waals surface area contributed by atoms with Gasteiger partial charge in [0, 0.05) is 6.54 Å². The Bertz CT molecular complexity index is 138. The summed E-state index contributed by atoms with van der Waals surface area (Å²) in [6.07, 6.45) is 6.12. The van der Waals surface area contributed by atoms with Crippen molar-refractivity contribution in [1.82, 2.24) is 5.32 Å². The smallest absolute Gasteiger partial charge is 0.243 e. The molecule has 0 aliphatic carbocycles. The van der Waals surface area contributed by atoms with Gasteiger partial charge in [0.05, 0.1) is 0 Å².